The molecule has 0 aliphatic carbocycles. The van der Waals surface area contributed by atoms with E-state index in [0.717, 1.165) is 24.5 Å². The van der Waals surface area contributed by atoms with Gasteiger partial charge in [-0.25, -0.2) is 8.78 Å². The normalized spacial score (nSPS) is 10.7. The number of halogens is 2. The Morgan fingerprint density at radius 3 is 2.31 bits per heavy atom. The SMILES string of the molecule is CS(=O)(=O)OCC#Cc1cc(F)cc(F)c1. The molecule has 0 bridgehead atoms. The van der Waals surface area contributed by atoms with Crippen molar-refractivity contribution in [1.29, 1.82) is 0 Å². The van der Waals surface area contributed by atoms with E-state index in [4.69, 9.17) is 0 Å². The van der Waals surface area contributed by atoms with Crippen molar-refractivity contribution in [1.82, 2.24) is 0 Å². The summed E-state index contributed by atoms with van der Waals surface area (Å²) in [7, 11) is -3.55. The van der Waals surface area contributed by atoms with Gasteiger partial charge >= 0.3 is 0 Å². The molecule has 6 heteroatoms. The van der Waals surface area contributed by atoms with Gasteiger partial charge in [-0.3, -0.25) is 4.18 Å². The molecular formula is C10H8F2O3S. The molecule has 1 aromatic rings. The van der Waals surface area contributed by atoms with Crippen LogP contribution in [0.25, 0.3) is 0 Å². The highest BCUT2D eigenvalue weighted by molar-refractivity contribution is 7.85. The van der Waals surface area contributed by atoms with E-state index in [0.29, 0.717) is 0 Å². The number of benzene rings is 1. The lowest BCUT2D eigenvalue weighted by atomic mass is 10.2. The van der Waals surface area contributed by atoms with Crippen LogP contribution >= 0.6 is 0 Å². The second kappa shape index (κ2) is 5.05. The largest absolute Gasteiger partial charge is 0.265 e. The Bertz CT molecular complexity index is 521. The van der Waals surface area contributed by atoms with Crippen molar-refractivity contribution in [3.05, 3.63) is 35.4 Å². The summed E-state index contributed by atoms with van der Waals surface area (Å²) in [6, 6.07) is 2.80. The highest BCUT2D eigenvalue weighted by atomic mass is 32.2. The van der Waals surface area contributed by atoms with E-state index in [2.05, 4.69) is 16.0 Å². The number of hydrogen-bond donors (Lipinski definition) is 0. The van der Waals surface area contributed by atoms with E-state index in [1.807, 2.05) is 0 Å². The molecule has 0 amide bonds. The van der Waals surface area contributed by atoms with Gasteiger partial charge in [0, 0.05) is 11.6 Å². The van der Waals surface area contributed by atoms with Crippen LogP contribution in [0.1, 0.15) is 5.56 Å². The zero-order valence-corrected chi connectivity index (χ0v) is 9.14. The molecule has 0 N–H and O–H groups in total. The number of rotatable bonds is 2. The van der Waals surface area contributed by atoms with Gasteiger partial charge in [-0.05, 0) is 12.1 Å². The summed E-state index contributed by atoms with van der Waals surface area (Å²) in [5.74, 6) is 3.22. The van der Waals surface area contributed by atoms with Gasteiger partial charge in [-0.2, -0.15) is 8.42 Å². The summed E-state index contributed by atoms with van der Waals surface area (Å²) in [6.45, 7) is -0.350. The Hall–Kier alpha value is -1.45. The van der Waals surface area contributed by atoms with Crippen LogP contribution in [0, 0.1) is 23.5 Å². The molecule has 0 aromatic heterocycles. The predicted octanol–water partition coefficient (Wildman–Crippen LogP) is 1.29. The Balaban J connectivity index is 2.70. The molecule has 0 radical (unpaired) electrons. The highest BCUT2D eigenvalue weighted by Gasteiger charge is 1.99. The summed E-state index contributed by atoms with van der Waals surface area (Å²) in [5.41, 5.74) is 0.120. The van der Waals surface area contributed by atoms with Gasteiger partial charge in [-0.1, -0.05) is 11.8 Å². The molecule has 0 aliphatic rings. The summed E-state index contributed by atoms with van der Waals surface area (Å²) in [6.07, 6.45) is 0.885. The van der Waals surface area contributed by atoms with E-state index < -0.39 is 21.8 Å². The van der Waals surface area contributed by atoms with Gasteiger partial charge in [0.1, 0.15) is 18.2 Å². The third-order valence-corrected chi connectivity index (χ3v) is 1.99. The average Bonchev–Trinajstić information content (AvgIpc) is 2.09. The lowest BCUT2D eigenvalue weighted by Crippen LogP contribution is -2.02. The van der Waals surface area contributed by atoms with Crippen LogP contribution in [0.5, 0.6) is 0 Å². The maximum atomic E-state index is 12.7. The zero-order valence-electron chi connectivity index (χ0n) is 8.33. The molecule has 3 nitrogen and oxygen atoms in total. The molecule has 0 atom stereocenters. The van der Waals surface area contributed by atoms with Crippen LogP contribution in [0.15, 0.2) is 18.2 Å². The van der Waals surface area contributed by atoms with Gasteiger partial charge in [0.15, 0.2) is 0 Å². The monoisotopic (exact) mass is 246 g/mol. The van der Waals surface area contributed by atoms with Crippen LogP contribution in [0.4, 0.5) is 8.78 Å². The Labute approximate surface area is 92.2 Å². The molecule has 0 spiro atoms. The zero-order chi connectivity index (χ0) is 12.2. The van der Waals surface area contributed by atoms with Crippen molar-refractivity contribution >= 4 is 10.1 Å². The molecule has 0 unspecified atom stereocenters. The van der Waals surface area contributed by atoms with Crippen molar-refractivity contribution in [3.8, 4) is 11.8 Å². The Kier molecular flexibility index (Phi) is 3.99. The molecule has 0 saturated heterocycles. The molecular weight excluding hydrogens is 238 g/mol. The molecule has 0 heterocycles. The van der Waals surface area contributed by atoms with Gasteiger partial charge < -0.3 is 0 Å². The minimum absolute atomic E-state index is 0.120. The van der Waals surface area contributed by atoms with Gasteiger partial charge in [0.05, 0.1) is 6.26 Å². The molecule has 0 aliphatic heterocycles. The van der Waals surface area contributed by atoms with Crippen LogP contribution in [-0.4, -0.2) is 21.3 Å². The van der Waals surface area contributed by atoms with Crippen LogP contribution in [0.2, 0.25) is 0 Å². The van der Waals surface area contributed by atoms with E-state index >= 15 is 0 Å². The van der Waals surface area contributed by atoms with Crippen molar-refractivity contribution in [2.75, 3.05) is 12.9 Å². The minimum Gasteiger partial charge on any atom is -0.257 e. The summed E-state index contributed by atoms with van der Waals surface area (Å²) in [4.78, 5) is 0. The van der Waals surface area contributed by atoms with E-state index in [9.17, 15) is 17.2 Å². The quantitative estimate of drug-likeness (QED) is 0.583. The number of hydrogen-bond acceptors (Lipinski definition) is 3. The fourth-order valence-corrected chi connectivity index (χ4v) is 1.17. The molecule has 0 fully saturated rings. The van der Waals surface area contributed by atoms with Crippen molar-refractivity contribution in [2.24, 2.45) is 0 Å². The minimum atomic E-state index is -3.55. The first-order valence-electron chi connectivity index (χ1n) is 4.16. The maximum Gasteiger partial charge on any atom is 0.265 e. The molecule has 1 rings (SSSR count). The first-order chi connectivity index (χ1) is 7.37. The topological polar surface area (TPSA) is 43.4 Å². The Morgan fingerprint density at radius 2 is 1.81 bits per heavy atom. The predicted molar refractivity (Wildman–Crippen MR) is 54.0 cm³/mol. The van der Waals surface area contributed by atoms with E-state index in [1.54, 1.807) is 0 Å². The fraction of sp³-hybridized carbons (Fsp3) is 0.200. The third-order valence-electron chi connectivity index (χ3n) is 1.44. The first kappa shape index (κ1) is 12.6. The summed E-state index contributed by atoms with van der Waals surface area (Å²) >= 11 is 0. The van der Waals surface area contributed by atoms with Gasteiger partial charge in [0.2, 0.25) is 0 Å². The van der Waals surface area contributed by atoms with Crippen LogP contribution in [-0.2, 0) is 14.3 Å². The van der Waals surface area contributed by atoms with E-state index in [1.165, 1.54) is 0 Å². The fourth-order valence-electron chi connectivity index (χ4n) is 0.901. The van der Waals surface area contributed by atoms with Crippen molar-refractivity contribution in [2.45, 2.75) is 0 Å². The molecule has 1 aromatic carbocycles. The summed E-state index contributed by atoms with van der Waals surface area (Å²) in [5, 5.41) is 0. The highest BCUT2D eigenvalue weighted by Crippen LogP contribution is 2.06. The average molecular weight is 246 g/mol. The standard InChI is InChI=1S/C10H8F2O3S/c1-16(13,14)15-4-2-3-8-5-9(11)7-10(12)6-8/h5-7H,4H2,1H3. The van der Waals surface area contributed by atoms with E-state index in [-0.39, 0.29) is 12.2 Å². The maximum absolute atomic E-state index is 12.7. The van der Waals surface area contributed by atoms with Crippen molar-refractivity contribution in [3.63, 3.8) is 0 Å². The van der Waals surface area contributed by atoms with Crippen LogP contribution in [0.3, 0.4) is 0 Å². The van der Waals surface area contributed by atoms with Gasteiger partial charge in [0.25, 0.3) is 10.1 Å². The smallest absolute Gasteiger partial charge is 0.257 e. The second-order valence-corrected chi connectivity index (χ2v) is 4.57. The molecule has 0 saturated carbocycles. The van der Waals surface area contributed by atoms with Crippen LogP contribution < -0.4 is 0 Å². The lowest BCUT2D eigenvalue weighted by Gasteiger charge is -1.94. The van der Waals surface area contributed by atoms with Crippen molar-refractivity contribution < 1.29 is 21.4 Å². The molecule has 86 valence electrons. The first-order valence-corrected chi connectivity index (χ1v) is 5.98. The lowest BCUT2D eigenvalue weighted by molar-refractivity contribution is 0.368. The second-order valence-electron chi connectivity index (χ2n) is 2.93. The molecule has 16 heavy (non-hydrogen) atoms. The third kappa shape index (κ3) is 4.87. The summed E-state index contributed by atoms with van der Waals surface area (Å²) < 4.78 is 50.8. The van der Waals surface area contributed by atoms with Gasteiger partial charge in [-0.15, -0.1) is 0 Å². The Morgan fingerprint density at radius 1 is 1.25 bits per heavy atom.